The molecule has 0 bridgehead atoms. The Hall–Kier alpha value is -3.71. The molecule has 2 aliphatic heterocycles. The Morgan fingerprint density at radius 1 is 1.06 bits per heavy atom. The van der Waals surface area contributed by atoms with E-state index in [1.807, 2.05) is 0 Å². The Morgan fingerprint density at radius 3 is 2.58 bits per heavy atom. The van der Waals surface area contributed by atoms with Crippen LogP contribution in [0.2, 0.25) is 0 Å². The summed E-state index contributed by atoms with van der Waals surface area (Å²) in [5.74, 6) is -1.05. The summed E-state index contributed by atoms with van der Waals surface area (Å²) in [6, 6.07) is 13.8. The van der Waals surface area contributed by atoms with Crippen molar-refractivity contribution in [1.82, 2.24) is 4.90 Å². The van der Waals surface area contributed by atoms with Crippen molar-refractivity contribution in [2.75, 3.05) is 24.6 Å². The molecular weight excluding hydrogens is 396 g/mol. The second-order valence-corrected chi connectivity index (χ2v) is 7.60. The van der Waals surface area contributed by atoms with Gasteiger partial charge in [0.1, 0.15) is 5.58 Å². The van der Waals surface area contributed by atoms with Gasteiger partial charge in [0.15, 0.2) is 11.0 Å². The fourth-order valence-electron chi connectivity index (χ4n) is 4.78. The number of carbonyl (C=O) groups excluding carboxylic acids is 2. The molecule has 1 N–H and O–H groups in total. The fourth-order valence-corrected chi connectivity index (χ4v) is 4.78. The third kappa shape index (κ3) is 2.35. The maximum absolute atomic E-state index is 14.0. The fraction of sp³-hybridized carbons (Fsp3) is 0.208. The molecule has 1 atom stereocenters. The van der Waals surface area contributed by atoms with Gasteiger partial charge in [-0.3, -0.25) is 14.4 Å². The second kappa shape index (κ2) is 6.92. The van der Waals surface area contributed by atoms with Crippen molar-refractivity contribution in [3.05, 3.63) is 88.3 Å². The molecule has 0 saturated carbocycles. The Labute approximate surface area is 177 Å². The zero-order valence-electron chi connectivity index (χ0n) is 16.7. The Morgan fingerprint density at radius 2 is 1.81 bits per heavy atom. The van der Waals surface area contributed by atoms with Crippen LogP contribution in [-0.2, 0) is 10.3 Å². The molecule has 7 heteroatoms. The molecule has 1 aromatic heterocycles. The minimum atomic E-state index is -1.63. The van der Waals surface area contributed by atoms with Crippen LogP contribution in [0.4, 0.5) is 5.69 Å². The van der Waals surface area contributed by atoms with Crippen molar-refractivity contribution in [2.45, 2.75) is 12.0 Å². The van der Waals surface area contributed by atoms with Crippen LogP contribution in [0.1, 0.15) is 28.1 Å². The first-order valence-corrected chi connectivity index (χ1v) is 10.1. The number of hydrogen-bond donors (Lipinski definition) is 1. The number of benzene rings is 2. The molecule has 0 fully saturated rings. The van der Waals surface area contributed by atoms with Crippen molar-refractivity contribution < 1.29 is 19.1 Å². The number of aliphatic hydroxyl groups is 1. The van der Waals surface area contributed by atoms with Gasteiger partial charge >= 0.3 is 0 Å². The first-order chi connectivity index (χ1) is 15.1. The number of aliphatic hydroxyl groups excluding tert-OH is 1. The van der Waals surface area contributed by atoms with Crippen LogP contribution in [0.3, 0.4) is 0 Å². The van der Waals surface area contributed by atoms with Crippen LogP contribution in [0, 0.1) is 0 Å². The quantitative estimate of drug-likeness (QED) is 0.645. The van der Waals surface area contributed by atoms with Gasteiger partial charge in [0.05, 0.1) is 16.6 Å². The van der Waals surface area contributed by atoms with Gasteiger partial charge in [0, 0.05) is 25.3 Å². The normalized spacial score (nSPS) is 19.4. The minimum Gasteiger partial charge on any atom is -0.450 e. The highest BCUT2D eigenvalue weighted by Gasteiger charge is 2.64. The standard InChI is InChI=1S/C24H20N2O5/c1-2-12-25-17-10-5-4-9-16(17)24(23(25)30)19-20(28)15-8-3-6-11-18(15)31-21(19)22(29)26(24)13-7-14-27/h2-6,8-11,27H,1,7,12-14H2/t24-/m0/s1. The lowest BCUT2D eigenvalue weighted by atomic mass is 9.84. The Bertz CT molecular complexity index is 1310. The number of para-hydroxylation sites is 2. The molecule has 2 aromatic carbocycles. The highest BCUT2D eigenvalue weighted by Crippen LogP contribution is 2.52. The van der Waals surface area contributed by atoms with Gasteiger partial charge in [-0.25, -0.2) is 0 Å². The molecular formula is C24H20N2O5. The molecule has 2 amide bonds. The lowest BCUT2D eigenvalue weighted by Gasteiger charge is -2.34. The Kier molecular flexibility index (Phi) is 4.30. The highest BCUT2D eigenvalue weighted by molar-refractivity contribution is 6.17. The first kappa shape index (κ1) is 19.3. The average molecular weight is 416 g/mol. The van der Waals surface area contributed by atoms with Crippen LogP contribution in [0.5, 0.6) is 0 Å². The van der Waals surface area contributed by atoms with Gasteiger partial charge in [-0.2, -0.15) is 0 Å². The molecule has 5 rings (SSSR count). The van der Waals surface area contributed by atoms with E-state index in [0.717, 1.165) is 0 Å². The third-order valence-corrected chi connectivity index (χ3v) is 5.99. The van der Waals surface area contributed by atoms with Gasteiger partial charge < -0.3 is 19.3 Å². The molecule has 2 aliphatic rings. The topological polar surface area (TPSA) is 91.1 Å². The third-order valence-electron chi connectivity index (χ3n) is 5.99. The van der Waals surface area contributed by atoms with E-state index in [1.54, 1.807) is 54.6 Å². The van der Waals surface area contributed by atoms with Gasteiger partial charge in [-0.1, -0.05) is 36.4 Å². The van der Waals surface area contributed by atoms with E-state index in [2.05, 4.69) is 6.58 Å². The van der Waals surface area contributed by atoms with Crippen LogP contribution in [-0.4, -0.2) is 41.5 Å². The van der Waals surface area contributed by atoms with Gasteiger partial charge in [0.2, 0.25) is 5.76 Å². The zero-order valence-corrected chi connectivity index (χ0v) is 16.7. The molecule has 0 radical (unpaired) electrons. The van der Waals surface area contributed by atoms with E-state index < -0.39 is 22.8 Å². The summed E-state index contributed by atoms with van der Waals surface area (Å²) >= 11 is 0. The van der Waals surface area contributed by atoms with E-state index in [1.165, 1.54) is 9.80 Å². The second-order valence-electron chi connectivity index (χ2n) is 7.60. The van der Waals surface area contributed by atoms with E-state index in [0.29, 0.717) is 22.2 Å². The Balaban J connectivity index is 1.91. The number of carbonyl (C=O) groups is 2. The van der Waals surface area contributed by atoms with Crippen LogP contribution in [0.15, 0.2) is 70.4 Å². The van der Waals surface area contributed by atoms with Crippen LogP contribution < -0.4 is 10.3 Å². The highest BCUT2D eigenvalue weighted by atomic mass is 16.3. The lowest BCUT2D eigenvalue weighted by molar-refractivity contribution is -0.126. The van der Waals surface area contributed by atoms with Crippen molar-refractivity contribution in [1.29, 1.82) is 0 Å². The van der Waals surface area contributed by atoms with Crippen LogP contribution in [0.25, 0.3) is 11.0 Å². The van der Waals surface area contributed by atoms with Gasteiger partial charge in [-0.05, 0) is 24.6 Å². The largest absolute Gasteiger partial charge is 0.450 e. The van der Waals surface area contributed by atoms with Crippen molar-refractivity contribution in [2.24, 2.45) is 0 Å². The number of nitrogens with zero attached hydrogens (tertiary/aromatic N) is 2. The molecule has 31 heavy (non-hydrogen) atoms. The molecule has 0 unspecified atom stereocenters. The molecule has 3 heterocycles. The minimum absolute atomic E-state index is 0.0400. The first-order valence-electron chi connectivity index (χ1n) is 10.1. The monoisotopic (exact) mass is 416 g/mol. The van der Waals surface area contributed by atoms with E-state index in [4.69, 9.17) is 4.42 Å². The lowest BCUT2D eigenvalue weighted by Crippen LogP contribution is -2.53. The summed E-state index contributed by atoms with van der Waals surface area (Å²) in [7, 11) is 0. The number of fused-ring (bicyclic) bond motifs is 5. The summed E-state index contributed by atoms with van der Waals surface area (Å²) < 4.78 is 5.91. The summed E-state index contributed by atoms with van der Waals surface area (Å²) in [5, 5.41) is 9.75. The molecule has 1 spiro atoms. The van der Waals surface area contributed by atoms with Crippen LogP contribution >= 0.6 is 0 Å². The maximum Gasteiger partial charge on any atom is 0.291 e. The van der Waals surface area contributed by atoms with E-state index >= 15 is 0 Å². The molecule has 156 valence electrons. The van der Waals surface area contributed by atoms with Crippen molar-refractivity contribution >= 4 is 28.5 Å². The number of amides is 2. The van der Waals surface area contributed by atoms with E-state index in [9.17, 15) is 19.5 Å². The van der Waals surface area contributed by atoms with Gasteiger partial charge in [0.25, 0.3) is 11.8 Å². The predicted molar refractivity (Wildman–Crippen MR) is 115 cm³/mol. The number of rotatable bonds is 5. The maximum atomic E-state index is 14.0. The molecule has 0 saturated heterocycles. The zero-order chi connectivity index (χ0) is 21.8. The summed E-state index contributed by atoms with van der Waals surface area (Å²) in [6.07, 6.45) is 1.86. The average Bonchev–Trinajstić information content (AvgIpc) is 3.18. The molecule has 0 aliphatic carbocycles. The van der Waals surface area contributed by atoms with Crippen molar-refractivity contribution in [3.8, 4) is 0 Å². The van der Waals surface area contributed by atoms with Gasteiger partial charge in [-0.15, -0.1) is 6.58 Å². The summed E-state index contributed by atoms with van der Waals surface area (Å²) in [6.45, 7) is 3.91. The number of anilines is 1. The molecule has 7 nitrogen and oxygen atoms in total. The summed E-state index contributed by atoms with van der Waals surface area (Å²) in [5.41, 5.74) is -0.533. The van der Waals surface area contributed by atoms with Crippen molar-refractivity contribution in [3.63, 3.8) is 0 Å². The SMILES string of the molecule is C=CCN1C(=O)[C@]2(c3ccccc31)c1c(oc3ccccc3c1=O)C(=O)N2CCCO. The predicted octanol–water partition coefficient (Wildman–Crippen LogP) is 2.41. The number of hydrogen-bond acceptors (Lipinski definition) is 5. The van der Waals surface area contributed by atoms with E-state index in [-0.39, 0.29) is 37.4 Å². The molecule has 3 aromatic rings. The summed E-state index contributed by atoms with van der Waals surface area (Å²) in [4.78, 5) is 44.1. The smallest absolute Gasteiger partial charge is 0.291 e.